The Morgan fingerprint density at radius 2 is 1.83 bits per heavy atom. The first-order valence-electron chi connectivity index (χ1n) is 6.85. The molecule has 116 valence electrons. The number of thiophene rings is 1. The van der Waals surface area contributed by atoms with Gasteiger partial charge in [0, 0.05) is 10.9 Å². The van der Waals surface area contributed by atoms with Crippen LogP contribution < -0.4 is 10.9 Å². The number of hydrogen-bond donors (Lipinski definition) is 2. The normalized spacial score (nSPS) is 10.3. The molecule has 2 N–H and O–H groups in total. The fraction of sp³-hybridized carbons (Fsp3) is 0.0625. The van der Waals surface area contributed by atoms with E-state index in [0.29, 0.717) is 10.6 Å². The van der Waals surface area contributed by atoms with Gasteiger partial charge in [0.2, 0.25) is 5.91 Å². The monoisotopic (exact) mass is 343 g/mol. The number of carbonyl (C=O) groups excluding carboxylic acids is 2. The maximum absolute atomic E-state index is 11.9. The van der Waals surface area contributed by atoms with Gasteiger partial charge >= 0.3 is 0 Å². The van der Waals surface area contributed by atoms with Crippen molar-refractivity contribution in [1.29, 1.82) is 0 Å². The van der Waals surface area contributed by atoms with E-state index in [1.807, 2.05) is 35.7 Å². The predicted octanol–water partition coefficient (Wildman–Crippen LogP) is 2.88. The second kappa shape index (κ2) is 7.17. The van der Waals surface area contributed by atoms with Gasteiger partial charge in [0.1, 0.15) is 5.01 Å². The van der Waals surface area contributed by atoms with Crippen molar-refractivity contribution in [3.8, 4) is 10.6 Å². The quantitative estimate of drug-likeness (QED) is 0.716. The molecule has 3 aromatic rings. The average Bonchev–Trinajstić information content (AvgIpc) is 3.25. The molecular weight excluding hydrogens is 330 g/mol. The van der Waals surface area contributed by atoms with Gasteiger partial charge in [-0.1, -0.05) is 36.4 Å². The molecule has 0 spiro atoms. The van der Waals surface area contributed by atoms with Crippen molar-refractivity contribution in [3.05, 3.63) is 63.8 Å². The SMILES string of the molecule is O=C(Cc1csc(-c2ccccc2)n1)NNC(=O)c1cccs1. The summed E-state index contributed by atoms with van der Waals surface area (Å²) in [5, 5.41) is 4.52. The molecule has 3 rings (SSSR count). The molecule has 2 heterocycles. The standard InChI is InChI=1S/C16H13N3O2S2/c20-14(18-19-15(21)13-7-4-8-22-13)9-12-10-23-16(17-12)11-5-2-1-3-6-11/h1-8,10H,9H2,(H,18,20)(H,19,21). The molecule has 0 radical (unpaired) electrons. The molecule has 0 atom stereocenters. The maximum atomic E-state index is 11.9. The van der Waals surface area contributed by atoms with Crippen LogP contribution in [-0.2, 0) is 11.2 Å². The molecular formula is C16H13N3O2S2. The van der Waals surface area contributed by atoms with E-state index in [1.165, 1.54) is 22.7 Å². The molecule has 0 aliphatic carbocycles. The number of nitrogens with zero attached hydrogens (tertiary/aromatic N) is 1. The van der Waals surface area contributed by atoms with Crippen molar-refractivity contribution >= 4 is 34.5 Å². The van der Waals surface area contributed by atoms with Gasteiger partial charge in [-0.15, -0.1) is 22.7 Å². The van der Waals surface area contributed by atoms with Crippen molar-refractivity contribution in [2.45, 2.75) is 6.42 Å². The Balaban J connectivity index is 1.54. The van der Waals surface area contributed by atoms with E-state index in [1.54, 1.807) is 17.5 Å². The van der Waals surface area contributed by atoms with E-state index >= 15 is 0 Å². The van der Waals surface area contributed by atoms with Crippen LogP contribution in [0.1, 0.15) is 15.4 Å². The van der Waals surface area contributed by atoms with E-state index in [2.05, 4.69) is 15.8 Å². The molecule has 0 fully saturated rings. The van der Waals surface area contributed by atoms with Gasteiger partial charge in [0.05, 0.1) is 17.0 Å². The van der Waals surface area contributed by atoms with Gasteiger partial charge in [-0.3, -0.25) is 20.4 Å². The van der Waals surface area contributed by atoms with E-state index in [9.17, 15) is 9.59 Å². The maximum Gasteiger partial charge on any atom is 0.279 e. The Bertz CT molecular complexity index is 798. The lowest BCUT2D eigenvalue weighted by Gasteiger charge is -2.04. The minimum absolute atomic E-state index is 0.119. The lowest BCUT2D eigenvalue weighted by Crippen LogP contribution is -2.42. The van der Waals surface area contributed by atoms with E-state index in [4.69, 9.17) is 0 Å². The fourth-order valence-corrected chi connectivity index (χ4v) is 3.35. The zero-order valence-electron chi connectivity index (χ0n) is 12.0. The molecule has 0 saturated carbocycles. The molecule has 1 aromatic carbocycles. The zero-order chi connectivity index (χ0) is 16.1. The summed E-state index contributed by atoms with van der Waals surface area (Å²) in [5.74, 6) is -0.628. The number of thiazole rings is 1. The number of rotatable bonds is 4. The van der Waals surface area contributed by atoms with Crippen LogP contribution in [0.4, 0.5) is 0 Å². The highest BCUT2D eigenvalue weighted by atomic mass is 32.1. The van der Waals surface area contributed by atoms with Crippen LogP contribution in [0.5, 0.6) is 0 Å². The first-order chi connectivity index (χ1) is 11.2. The van der Waals surface area contributed by atoms with Crippen LogP contribution in [0, 0.1) is 0 Å². The highest BCUT2D eigenvalue weighted by Gasteiger charge is 2.11. The largest absolute Gasteiger partial charge is 0.279 e. The molecule has 2 aromatic heterocycles. The highest BCUT2D eigenvalue weighted by Crippen LogP contribution is 2.23. The summed E-state index contributed by atoms with van der Waals surface area (Å²) in [7, 11) is 0. The topological polar surface area (TPSA) is 71.1 Å². The second-order valence-corrected chi connectivity index (χ2v) is 6.47. The molecule has 5 nitrogen and oxygen atoms in total. The number of hydrogen-bond acceptors (Lipinski definition) is 5. The van der Waals surface area contributed by atoms with Crippen molar-refractivity contribution in [2.75, 3.05) is 0 Å². The Kier molecular flexibility index (Phi) is 4.80. The Morgan fingerprint density at radius 1 is 1.00 bits per heavy atom. The molecule has 7 heteroatoms. The van der Waals surface area contributed by atoms with Gasteiger partial charge in [-0.2, -0.15) is 0 Å². The lowest BCUT2D eigenvalue weighted by molar-refractivity contribution is -0.121. The summed E-state index contributed by atoms with van der Waals surface area (Å²) in [6.07, 6.45) is 0.119. The summed E-state index contributed by atoms with van der Waals surface area (Å²) < 4.78 is 0. The van der Waals surface area contributed by atoms with Crippen molar-refractivity contribution in [3.63, 3.8) is 0 Å². The number of hydrazine groups is 1. The number of aromatic nitrogens is 1. The third kappa shape index (κ3) is 4.02. The third-order valence-corrected chi connectivity index (χ3v) is 4.78. The zero-order valence-corrected chi connectivity index (χ0v) is 13.6. The molecule has 0 aliphatic heterocycles. The van der Waals surface area contributed by atoms with Crippen LogP contribution in [0.3, 0.4) is 0 Å². The first kappa shape index (κ1) is 15.4. The summed E-state index contributed by atoms with van der Waals surface area (Å²) in [6.45, 7) is 0. The summed E-state index contributed by atoms with van der Waals surface area (Å²) in [6, 6.07) is 13.3. The lowest BCUT2D eigenvalue weighted by atomic mass is 10.2. The molecule has 0 aliphatic rings. The third-order valence-electron chi connectivity index (χ3n) is 2.97. The van der Waals surface area contributed by atoms with Crippen molar-refractivity contribution < 1.29 is 9.59 Å². The first-order valence-corrected chi connectivity index (χ1v) is 8.61. The van der Waals surface area contributed by atoms with Crippen LogP contribution in [-0.4, -0.2) is 16.8 Å². The van der Waals surface area contributed by atoms with E-state index in [0.717, 1.165) is 10.6 Å². The number of carbonyl (C=O) groups is 2. The summed E-state index contributed by atoms with van der Waals surface area (Å²) >= 11 is 2.80. The molecule has 0 saturated heterocycles. The highest BCUT2D eigenvalue weighted by molar-refractivity contribution is 7.13. The van der Waals surface area contributed by atoms with Crippen molar-refractivity contribution in [1.82, 2.24) is 15.8 Å². The van der Waals surface area contributed by atoms with Crippen LogP contribution in [0.25, 0.3) is 10.6 Å². The number of benzene rings is 1. The number of amides is 2. The van der Waals surface area contributed by atoms with Gasteiger partial charge in [-0.05, 0) is 11.4 Å². The van der Waals surface area contributed by atoms with Crippen LogP contribution in [0.15, 0.2) is 53.2 Å². The Hall–Kier alpha value is -2.51. The van der Waals surface area contributed by atoms with Crippen LogP contribution in [0.2, 0.25) is 0 Å². The molecule has 23 heavy (non-hydrogen) atoms. The molecule has 2 amide bonds. The van der Waals surface area contributed by atoms with Gasteiger partial charge in [0.25, 0.3) is 5.91 Å². The average molecular weight is 343 g/mol. The number of nitrogens with one attached hydrogen (secondary N) is 2. The second-order valence-electron chi connectivity index (χ2n) is 4.67. The van der Waals surface area contributed by atoms with Gasteiger partial charge in [-0.25, -0.2) is 4.98 Å². The molecule has 0 unspecified atom stereocenters. The Morgan fingerprint density at radius 3 is 2.57 bits per heavy atom. The van der Waals surface area contributed by atoms with Gasteiger partial charge < -0.3 is 0 Å². The van der Waals surface area contributed by atoms with E-state index in [-0.39, 0.29) is 18.2 Å². The smallest absolute Gasteiger partial charge is 0.273 e. The van der Waals surface area contributed by atoms with E-state index < -0.39 is 0 Å². The Labute approximate surface area is 141 Å². The molecule has 0 bridgehead atoms. The minimum atomic E-state index is -0.323. The van der Waals surface area contributed by atoms with Gasteiger partial charge in [0.15, 0.2) is 0 Å². The van der Waals surface area contributed by atoms with Crippen LogP contribution >= 0.6 is 22.7 Å². The summed E-state index contributed by atoms with van der Waals surface area (Å²) in [5.41, 5.74) is 6.49. The minimum Gasteiger partial charge on any atom is -0.273 e. The summed E-state index contributed by atoms with van der Waals surface area (Å²) in [4.78, 5) is 28.6. The predicted molar refractivity (Wildman–Crippen MR) is 91.2 cm³/mol. The van der Waals surface area contributed by atoms with Crippen molar-refractivity contribution in [2.24, 2.45) is 0 Å². The fourth-order valence-electron chi connectivity index (χ4n) is 1.91.